The topological polar surface area (TPSA) is 15.6 Å². The van der Waals surface area contributed by atoms with Gasteiger partial charge in [-0.25, -0.2) is 0 Å². The predicted octanol–water partition coefficient (Wildman–Crippen LogP) is 0.959. The monoisotopic (exact) mass is 146 g/mol. The van der Waals surface area contributed by atoms with Gasteiger partial charge in [-0.05, 0) is 6.42 Å². The Balaban J connectivity index is 2.05. The van der Waals surface area contributed by atoms with Crippen molar-refractivity contribution in [2.75, 3.05) is 25.5 Å². The van der Waals surface area contributed by atoms with E-state index in [1.807, 2.05) is 6.34 Å². The van der Waals surface area contributed by atoms with Gasteiger partial charge < -0.3 is 4.90 Å². The Hall–Kier alpha value is -0.240. The van der Waals surface area contributed by atoms with E-state index in [4.69, 9.17) is 11.6 Å². The van der Waals surface area contributed by atoms with Gasteiger partial charge in [0.25, 0.3) is 0 Å². The van der Waals surface area contributed by atoms with Gasteiger partial charge in [0, 0.05) is 19.0 Å². The van der Waals surface area contributed by atoms with Crippen molar-refractivity contribution in [2.45, 2.75) is 6.42 Å². The van der Waals surface area contributed by atoms with Crippen LogP contribution in [0.25, 0.3) is 0 Å². The van der Waals surface area contributed by atoms with Crippen LogP contribution in [-0.4, -0.2) is 36.8 Å². The van der Waals surface area contributed by atoms with Gasteiger partial charge in [-0.1, -0.05) is 0 Å². The molecule has 0 aromatic carbocycles. The lowest BCUT2D eigenvalue weighted by molar-refractivity contribution is 0.467. The smallest absolute Gasteiger partial charge is 0.0851 e. The second-order valence-electron chi connectivity index (χ2n) is 2.10. The number of rotatable bonds is 3. The first kappa shape index (κ1) is 6.87. The highest BCUT2D eigenvalue weighted by Gasteiger charge is 2.02. The van der Waals surface area contributed by atoms with Crippen molar-refractivity contribution in [3.63, 3.8) is 0 Å². The molecule has 0 N–H and O–H groups in total. The van der Waals surface area contributed by atoms with E-state index in [9.17, 15) is 0 Å². The molecule has 0 bridgehead atoms. The zero-order valence-corrected chi connectivity index (χ0v) is 6.14. The van der Waals surface area contributed by atoms with Crippen LogP contribution in [0.4, 0.5) is 0 Å². The summed E-state index contributed by atoms with van der Waals surface area (Å²) >= 11 is 5.51. The molecule has 0 saturated carbocycles. The molecule has 0 unspecified atom stereocenters. The van der Waals surface area contributed by atoms with Crippen molar-refractivity contribution >= 4 is 17.9 Å². The lowest BCUT2D eigenvalue weighted by Crippen LogP contribution is -2.20. The lowest BCUT2D eigenvalue weighted by atomic mass is 10.4. The fraction of sp³-hybridized carbons (Fsp3) is 0.833. The average Bonchev–Trinajstić information content (AvgIpc) is 2.34. The van der Waals surface area contributed by atoms with E-state index >= 15 is 0 Å². The number of aliphatic imine (C=N–C) groups is 1. The molecule has 0 saturated heterocycles. The highest BCUT2D eigenvalue weighted by Crippen LogP contribution is 1.95. The van der Waals surface area contributed by atoms with Gasteiger partial charge in [0.15, 0.2) is 0 Å². The fourth-order valence-electron chi connectivity index (χ4n) is 0.850. The van der Waals surface area contributed by atoms with Gasteiger partial charge in [-0.3, -0.25) is 4.99 Å². The van der Waals surface area contributed by atoms with Crippen molar-refractivity contribution in [3.05, 3.63) is 0 Å². The van der Waals surface area contributed by atoms with Gasteiger partial charge in [0.05, 0.1) is 12.9 Å². The summed E-state index contributed by atoms with van der Waals surface area (Å²) in [5.74, 6) is 0.754. The van der Waals surface area contributed by atoms with Crippen LogP contribution >= 0.6 is 11.6 Å². The summed E-state index contributed by atoms with van der Waals surface area (Å²) in [5.41, 5.74) is 0. The Kier molecular flexibility index (Phi) is 2.84. The van der Waals surface area contributed by atoms with Crippen molar-refractivity contribution < 1.29 is 0 Å². The SMILES string of the molecule is ClCCCN1C=NCC1. The maximum Gasteiger partial charge on any atom is 0.0851 e. The Morgan fingerprint density at radius 3 is 3.11 bits per heavy atom. The molecule has 0 aromatic rings. The molecule has 9 heavy (non-hydrogen) atoms. The molecule has 2 nitrogen and oxygen atoms in total. The minimum atomic E-state index is 0.754. The van der Waals surface area contributed by atoms with Crippen molar-refractivity contribution in [1.82, 2.24) is 4.90 Å². The van der Waals surface area contributed by atoms with Crippen LogP contribution in [0.1, 0.15) is 6.42 Å². The maximum atomic E-state index is 5.51. The van der Waals surface area contributed by atoms with Gasteiger partial charge in [-0.2, -0.15) is 0 Å². The molecular formula is C6H11ClN2. The third-order valence-electron chi connectivity index (χ3n) is 1.34. The molecule has 1 rings (SSSR count). The summed E-state index contributed by atoms with van der Waals surface area (Å²) in [6.07, 6.45) is 2.97. The van der Waals surface area contributed by atoms with E-state index in [1.54, 1.807) is 0 Å². The van der Waals surface area contributed by atoms with Crippen LogP contribution in [0.15, 0.2) is 4.99 Å². The zero-order valence-electron chi connectivity index (χ0n) is 5.39. The molecule has 0 aromatic heterocycles. The van der Waals surface area contributed by atoms with E-state index < -0.39 is 0 Å². The van der Waals surface area contributed by atoms with Gasteiger partial charge in [-0.15, -0.1) is 11.6 Å². The molecule has 1 heterocycles. The Bertz CT molecular complexity index is 103. The lowest BCUT2D eigenvalue weighted by Gasteiger charge is -2.11. The number of hydrogen-bond donors (Lipinski definition) is 0. The summed E-state index contributed by atoms with van der Waals surface area (Å²) in [5, 5.41) is 0. The van der Waals surface area contributed by atoms with Crippen LogP contribution in [0.5, 0.6) is 0 Å². The summed E-state index contributed by atoms with van der Waals surface area (Å²) < 4.78 is 0. The third-order valence-corrected chi connectivity index (χ3v) is 1.61. The Morgan fingerprint density at radius 2 is 2.56 bits per heavy atom. The number of alkyl halides is 1. The average molecular weight is 147 g/mol. The summed E-state index contributed by atoms with van der Waals surface area (Å²) in [6.45, 7) is 3.10. The van der Waals surface area contributed by atoms with Crippen molar-refractivity contribution in [3.8, 4) is 0 Å². The van der Waals surface area contributed by atoms with E-state index in [0.717, 1.165) is 31.9 Å². The normalized spacial score (nSPS) is 17.2. The first-order chi connectivity index (χ1) is 4.43. The molecule has 0 spiro atoms. The van der Waals surface area contributed by atoms with Crippen LogP contribution in [-0.2, 0) is 0 Å². The highest BCUT2D eigenvalue weighted by atomic mass is 35.5. The first-order valence-electron chi connectivity index (χ1n) is 3.23. The molecule has 1 aliphatic heterocycles. The largest absolute Gasteiger partial charge is 0.361 e. The second kappa shape index (κ2) is 3.72. The van der Waals surface area contributed by atoms with Gasteiger partial charge in [0.1, 0.15) is 0 Å². The van der Waals surface area contributed by atoms with Crippen LogP contribution in [0, 0.1) is 0 Å². The van der Waals surface area contributed by atoms with E-state index in [0.29, 0.717) is 0 Å². The molecule has 0 aliphatic carbocycles. The molecule has 0 amide bonds. The highest BCUT2D eigenvalue weighted by molar-refractivity contribution is 6.17. The first-order valence-corrected chi connectivity index (χ1v) is 3.77. The molecule has 52 valence electrons. The van der Waals surface area contributed by atoms with Crippen molar-refractivity contribution in [2.24, 2.45) is 4.99 Å². The summed E-state index contributed by atoms with van der Waals surface area (Å²) in [7, 11) is 0. The predicted molar refractivity (Wildman–Crippen MR) is 40.3 cm³/mol. The second-order valence-corrected chi connectivity index (χ2v) is 2.48. The zero-order chi connectivity index (χ0) is 6.53. The van der Waals surface area contributed by atoms with Crippen molar-refractivity contribution in [1.29, 1.82) is 0 Å². The molecule has 0 radical (unpaired) electrons. The van der Waals surface area contributed by atoms with E-state index in [1.165, 1.54) is 0 Å². The number of halogens is 1. The standard InChI is InChI=1S/C6H11ClN2/c7-2-1-4-9-5-3-8-6-9/h6H,1-5H2. The number of hydrogen-bond acceptors (Lipinski definition) is 2. The quantitative estimate of drug-likeness (QED) is 0.542. The number of nitrogens with zero attached hydrogens (tertiary/aromatic N) is 2. The molecule has 0 atom stereocenters. The summed E-state index contributed by atoms with van der Waals surface area (Å²) in [4.78, 5) is 6.27. The molecule has 1 aliphatic rings. The molecule has 0 fully saturated rings. The van der Waals surface area contributed by atoms with E-state index in [-0.39, 0.29) is 0 Å². The maximum absolute atomic E-state index is 5.51. The Morgan fingerprint density at radius 1 is 1.67 bits per heavy atom. The van der Waals surface area contributed by atoms with Gasteiger partial charge >= 0.3 is 0 Å². The Labute approximate surface area is 60.5 Å². The minimum Gasteiger partial charge on any atom is -0.361 e. The molecular weight excluding hydrogens is 136 g/mol. The van der Waals surface area contributed by atoms with E-state index in [2.05, 4.69) is 9.89 Å². The van der Waals surface area contributed by atoms with Crippen LogP contribution in [0.2, 0.25) is 0 Å². The summed E-state index contributed by atoms with van der Waals surface area (Å²) in [6, 6.07) is 0. The molecule has 3 heteroatoms. The van der Waals surface area contributed by atoms with Gasteiger partial charge in [0.2, 0.25) is 0 Å². The minimum absolute atomic E-state index is 0.754. The van der Waals surface area contributed by atoms with Crippen LogP contribution < -0.4 is 0 Å². The fourth-order valence-corrected chi connectivity index (χ4v) is 0.969. The third kappa shape index (κ3) is 2.22. The van der Waals surface area contributed by atoms with Crippen LogP contribution in [0.3, 0.4) is 0 Å².